The van der Waals surface area contributed by atoms with Gasteiger partial charge in [0.2, 0.25) is 21.8 Å². The number of pyridine rings is 1. The maximum atomic E-state index is 12.7. The predicted molar refractivity (Wildman–Crippen MR) is 121 cm³/mol. The Hall–Kier alpha value is -2.98. The lowest BCUT2D eigenvalue weighted by molar-refractivity contribution is -0.124. The second-order valence-electron chi connectivity index (χ2n) is 8.04. The van der Waals surface area contributed by atoms with E-state index in [1.54, 1.807) is 0 Å². The lowest BCUT2D eigenvalue weighted by Crippen LogP contribution is -2.37. The molecule has 2 N–H and O–H groups in total. The van der Waals surface area contributed by atoms with Crippen molar-refractivity contribution in [3.05, 3.63) is 57.5 Å². The second-order valence-corrected chi connectivity index (χ2v) is 9.98. The quantitative estimate of drug-likeness (QED) is 0.646. The van der Waals surface area contributed by atoms with Crippen molar-refractivity contribution in [2.45, 2.75) is 45.1 Å². The number of aromatic nitrogens is 1. The van der Waals surface area contributed by atoms with E-state index in [-0.39, 0.29) is 11.4 Å². The van der Waals surface area contributed by atoms with Crippen LogP contribution in [0.15, 0.2) is 40.2 Å². The number of sulfonamides is 1. The molecule has 2 amide bonds. The number of nitrogens with one attached hydrogen (secondary N) is 2. The van der Waals surface area contributed by atoms with Crippen LogP contribution in [0.3, 0.4) is 0 Å². The van der Waals surface area contributed by atoms with Crippen LogP contribution >= 0.6 is 0 Å². The molecule has 1 fully saturated rings. The molecule has 0 atom stereocenters. The minimum atomic E-state index is -3.71. The Bertz CT molecular complexity index is 1170. The SMILES string of the molecule is Cc1cc(C)c(NC(=O)CNC(=O)Cn2cc(S(=O)(=O)N3CCCC3)ccc2=O)c(C)c1. The number of aryl methyl sites for hydroxylation is 3. The Labute approximate surface area is 187 Å². The Kier molecular flexibility index (Phi) is 7.15. The van der Waals surface area contributed by atoms with Crippen LogP contribution in [0.5, 0.6) is 0 Å². The van der Waals surface area contributed by atoms with Crippen molar-refractivity contribution in [3.8, 4) is 0 Å². The summed E-state index contributed by atoms with van der Waals surface area (Å²) in [7, 11) is -3.71. The summed E-state index contributed by atoms with van der Waals surface area (Å²) in [5, 5.41) is 5.26. The number of nitrogens with zero attached hydrogens (tertiary/aromatic N) is 2. The molecule has 1 saturated heterocycles. The van der Waals surface area contributed by atoms with Gasteiger partial charge in [0.25, 0.3) is 5.56 Å². The molecule has 32 heavy (non-hydrogen) atoms. The first-order chi connectivity index (χ1) is 15.1. The fraction of sp³-hybridized carbons (Fsp3) is 0.409. The lowest BCUT2D eigenvalue weighted by Gasteiger charge is -2.16. The van der Waals surface area contributed by atoms with Gasteiger partial charge >= 0.3 is 0 Å². The van der Waals surface area contributed by atoms with Gasteiger partial charge in [0.1, 0.15) is 6.54 Å². The van der Waals surface area contributed by atoms with Crippen LogP contribution in [0, 0.1) is 20.8 Å². The first kappa shape index (κ1) is 23.7. The Morgan fingerprint density at radius 1 is 1.00 bits per heavy atom. The van der Waals surface area contributed by atoms with E-state index in [1.165, 1.54) is 16.6 Å². The summed E-state index contributed by atoms with van der Waals surface area (Å²) in [5.74, 6) is -0.971. The predicted octanol–water partition coefficient (Wildman–Crippen LogP) is 1.31. The molecule has 172 valence electrons. The zero-order valence-corrected chi connectivity index (χ0v) is 19.3. The van der Waals surface area contributed by atoms with Crippen molar-refractivity contribution in [2.24, 2.45) is 0 Å². The van der Waals surface area contributed by atoms with Crippen LogP contribution in [0.25, 0.3) is 0 Å². The summed E-state index contributed by atoms with van der Waals surface area (Å²) in [6, 6.07) is 6.30. The van der Waals surface area contributed by atoms with Gasteiger partial charge in [-0.25, -0.2) is 8.42 Å². The first-order valence-corrected chi connectivity index (χ1v) is 11.9. The monoisotopic (exact) mass is 460 g/mol. The van der Waals surface area contributed by atoms with E-state index in [4.69, 9.17) is 0 Å². The smallest absolute Gasteiger partial charge is 0.251 e. The molecule has 1 aromatic carbocycles. The van der Waals surface area contributed by atoms with E-state index in [9.17, 15) is 22.8 Å². The van der Waals surface area contributed by atoms with Crippen LogP contribution < -0.4 is 16.2 Å². The largest absolute Gasteiger partial charge is 0.345 e. The molecule has 0 spiro atoms. The highest BCUT2D eigenvalue weighted by Gasteiger charge is 2.27. The Balaban J connectivity index is 1.63. The molecule has 2 aromatic rings. The minimum absolute atomic E-state index is 0.0325. The van der Waals surface area contributed by atoms with E-state index in [0.29, 0.717) is 18.8 Å². The number of benzene rings is 1. The highest BCUT2D eigenvalue weighted by Crippen LogP contribution is 2.22. The van der Waals surface area contributed by atoms with Gasteiger partial charge in [0.05, 0.1) is 11.4 Å². The average Bonchev–Trinajstić information content (AvgIpc) is 3.26. The molecule has 1 aliphatic heterocycles. The zero-order chi connectivity index (χ0) is 23.5. The number of carbonyl (C=O) groups excluding carboxylic acids is 2. The van der Waals surface area contributed by atoms with Crippen molar-refractivity contribution in [1.82, 2.24) is 14.2 Å². The molecular formula is C22H28N4O5S. The van der Waals surface area contributed by atoms with E-state index in [1.807, 2.05) is 32.9 Å². The van der Waals surface area contributed by atoms with Crippen LogP contribution in [-0.4, -0.2) is 48.7 Å². The van der Waals surface area contributed by atoms with E-state index < -0.39 is 33.9 Å². The lowest BCUT2D eigenvalue weighted by atomic mass is 10.1. The number of rotatable bonds is 7. The normalized spacial score (nSPS) is 14.3. The standard InChI is InChI=1S/C22H28N4O5S/c1-15-10-16(2)22(17(3)11-15)24-19(27)12-23-20(28)14-25-13-18(6-7-21(25)29)32(30,31)26-8-4-5-9-26/h6-7,10-11,13H,4-5,8-9,12,14H2,1-3H3,(H,23,28)(H,24,27). The van der Waals surface area contributed by atoms with Gasteiger partial charge in [-0.3, -0.25) is 14.4 Å². The number of hydrogen-bond donors (Lipinski definition) is 2. The molecular weight excluding hydrogens is 432 g/mol. The number of hydrogen-bond acceptors (Lipinski definition) is 5. The highest BCUT2D eigenvalue weighted by molar-refractivity contribution is 7.89. The Morgan fingerprint density at radius 2 is 1.62 bits per heavy atom. The molecule has 0 radical (unpaired) electrons. The summed E-state index contributed by atoms with van der Waals surface area (Å²) in [6.07, 6.45) is 2.77. The first-order valence-electron chi connectivity index (χ1n) is 10.4. The van der Waals surface area contributed by atoms with Crippen LogP contribution in [-0.2, 0) is 26.2 Å². The van der Waals surface area contributed by atoms with Gasteiger partial charge in [-0.1, -0.05) is 17.7 Å². The summed E-state index contributed by atoms with van der Waals surface area (Å²) in [4.78, 5) is 36.7. The molecule has 0 saturated carbocycles. The van der Waals surface area contributed by atoms with Gasteiger partial charge in [0, 0.05) is 31.0 Å². The maximum absolute atomic E-state index is 12.7. The fourth-order valence-corrected chi connectivity index (χ4v) is 5.35. The van der Waals surface area contributed by atoms with E-state index >= 15 is 0 Å². The van der Waals surface area contributed by atoms with Crippen LogP contribution in [0.2, 0.25) is 0 Å². The molecule has 0 unspecified atom stereocenters. The summed E-state index contributed by atoms with van der Waals surface area (Å²) in [6.45, 7) is 5.98. The van der Waals surface area contributed by atoms with Gasteiger partial charge in [0.15, 0.2) is 0 Å². The molecule has 10 heteroatoms. The van der Waals surface area contributed by atoms with Gasteiger partial charge in [-0.15, -0.1) is 0 Å². The molecule has 0 aliphatic carbocycles. The number of carbonyl (C=O) groups is 2. The third-order valence-electron chi connectivity index (χ3n) is 5.36. The topological polar surface area (TPSA) is 118 Å². The molecule has 0 bridgehead atoms. The fourth-order valence-electron chi connectivity index (χ4n) is 3.81. The third-order valence-corrected chi connectivity index (χ3v) is 7.24. The summed E-state index contributed by atoms with van der Waals surface area (Å²) < 4.78 is 27.8. The molecule has 1 aromatic heterocycles. The number of anilines is 1. The zero-order valence-electron chi connectivity index (χ0n) is 18.5. The van der Waals surface area contributed by atoms with Crippen molar-refractivity contribution in [2.75, 3.05) is 25.0 Å². The maximum Gasteiger partial charge on any atom is 0.251 e. The van der Waals surface area contributed by atoms with Crippen molar-refractivity contribution in [1.29, 1.82) is 0 Å². The molecule has 3 rings (SSSR count). The van der Waals surface area contributed by atoms with Crippen molar-refractivity contribution >= 4 is 27.5 Å². The van der Waals surface area contributed by atoms with Gasteiger partial charge in [-0.05, 0) is 50.8 Å². The van der Waals surface area contributed by atoms with Crippen LogP contribution in [0.1, 0.15) is 29.5 Å². The van der Waals surface area contributed by atoms with Crippen LogP contribution in [0.4, 0.5) is 5.69 Å². The number of amides is 2. The van der Waals surface area contributed by atoms with Crippen molar-refractivity contribution in [3.63, 3.8) is 0 Å². The van der Waals surface area contributed by atoms with E-state index in [2.05, 4.69) is 10.6 Å². The van der Waals surface area contributed by atoms with Gasteiger partial charge in [-0.2, -0.15) is 4.31 Å². The van der Waals surface area contributed by atoms with E-state index in [0.717, 1.165) is 40.2 Å². The van der Waals surface area contributed by atoms with Gasteiger partial charge < -0.3 is 15.2 Å². The second kappa shape index (κ2) is 9.66. The molecule has 9 nitrogen and oxygen atoms in total. The molecule has 1 aliphatic rings. The van der Waals surface area contributed by atoms with Crippen molar-refractivity contribution < 1.29 is 18.0 Å². The molecule has 2 heterocycles. The summed E-state index contributed by atoms with van der Waals surface area (Å²) >= 11 is 0. The third kappa shape index (κ3) is 5.43. The minimum Gasteiger partial charge on any atom is -0.345 e. The summed E-state index contributed by atoms with van der Waals surface area (Å²) in [5.41, 5.74) is 3.13. The highest BCUT2D eigenvalue weighted by atomic mass is 32.2. The Morgan fingerprint density at radius 3 is 2.25 bits per heavy atom. The average molecular weight is 461 g/mol.